The summed E-state index contributed by atoms with van der Waals surface area (Å²) in [6.45, 7) is 0.610. The van der Waals surface area contributed by atoms with Gasteiger partial charge >= 0.3 is 12.0 Å². The number of carboxylic acid groups (broad SMARTS) is 1. The molecule has 0 heterocycles. The Morgan fingerprint density at radius 3 is 2.47 bits per heavy atom. The van der Waals surface area contributed by atoms with Crippen LogP contribution in [0.15, 0.2) is 0 Å². The smallest absolute Gasteiger partial charge is 0.321 e. The van der Waals surface area contributed by atoms with Gasteiger partial charge in [-0.25, -0.2) is 4.79 Å². The molecule has 2 aliphatic carbocycles. The molecule has 0 aromatic carbocycles. The summed E-state index contributed by atoms with van der Waals surface area (Å²) in [7, 11) is 0. The number of nitrogens with one attached hydrogen (secondary N) is 2. The third-order valence-corrected chi connectivity index (χ3v) is 4.23. The molecule has 3 N–H and O–H groups in total. The lowest BCUT2D eigenvalue weighted by molar-refractivity contribution is -0.138. The zero-order valence-corrected chi connectivity index (χ0v) is 10.9. The largest absolute Gasteiger partial charge is 0.481 e. The first-order valence-electron chi connectivity index (χ1n) is 6.84. The summed E-state index contributed by atoms with van der Waals surface area (Å²) in [6.07, 6.45) is 4.61. The molecule has 2 aliphatic rings. The summed E-state index contributed by atoms with van der Waals surface area (Å²) in [5.41, 5.74) is 0. The van der Waals surface area contributed by atoms with Crippen LogP contribution in [0, 0.1) is 17.8 Å². The number of urea groups is 1. The Hall–Kier alpha value is -1.59. The molecule has 6 nitrogen and oxygen atoms in total. The molecule has 0 saturated heterocycles. The van der Waals surface area contributed by atoms with Gasteiger partial charge in [0.2, 0.25) is 5.91 Å². The van der Waals surface area contributed by atoms with Crippen molar-refractivity contribution in [1.82, 2.24) is 10.6 Å². The molecule has 2 bridgehead atoms. The summed E-state index contributed by atoms with van der Waals surface area (Å²) in [5, 5.41) is 13.3. The summed E-state index contributed by atoms with van der Waals surface area (Å²) < 4.78 is 0. The first-order chi connectivity index (χ1) is 9.04. The van der Waals surface area contributed by atoms with E-state index in [9.17, 15) is 14.4 Å². The number of hydrogen-bond acceptors (Lipinski definition) is 3. The minimum atomic E-state index is -1.04. The Morgan fingerprint density at radius 2 is 1.89 bits per heavy atom. The average Bonchev–Trinajstić information content (AvgIpc) is 2.96. The van der Waals surface area contributed by atoms with Gasteiger partial charge in [0.1, 0.15) is 0 Å². The molecule has 0 aliphatic heterocycles. The van der Waals surface area contributed by atoms with Gasteiger partial charge in [-0.2, -0.15) is 0 Å². The monoisotopic (exact) mass is 268 g/mol. The van der Waals surface area contributed by atoms with E-state index in [-0.39, 0.29) is 12.8 Å². The number of aliphatic carboxylic acids is 1. The van der Waals surface area contributed by atoms with E-state index in [1.54, 1.807) is 0 Å². The first kappa shape index (κ1) is 13.8. The fraction of sp³-hybridized carbons (Fsp3) is 0.769. The fourth-order valence-electron chi connectivity index (χ4n) is 3.30. The van der Waals surface area contributed by atoms with Crippen molar-refractivity contribution in [2.75, 3.05) is 6.54 Å². The highest BCUT2D eigenvalue weighted by Gasteiger charge is 2.39. The number of amides is 3. The lowest BCUT2D eigenvalue weighted by atomic mass is 9.89. The maximum atomic E-state index is 11.5. The van der Waals surface area contributed by atoms with Gasteiger partial charge in [0.25, 0.3) is 0 Å². The number of fused-ring (bicyclic) bond motifs is 2. The summed E-state index contributed by atoms with van der Waals surface area (Å²) in [5.74, 6) is 0.508. The second-order valence-corrected chi connectivity index (χ2v) is 5.59. The normalized spacial score (nSPS) is 28.1. The highest BCUT2D eigenvalue weighted by Crippen LogP contribution is 2.47. The SMILES string of the molecule is O=C(O)CCC(=O)NC(=O)NCC1CC2CCC1C2. The molecule has 0 aromatic rings. The topological polar surface area (TPSA) is 95.5 Å². The van der Waals surface area contributed by atoms with E-state index in [0.717, 1.165) is 11.8 Å². The van der Waals surface area contributed by atoms with E-state index in [1.165, 1.54) is 25.7 Å². The molecule has 106 valence electrons. The summed E-state index contributed by atoms with van der Waals surface area (Å²) in [6, 6.07) is -0.516. The van der Waals surface area contributed by atoms with Crippen molar-refractivity contribution in [1.29, 1.82) is 0 Å². The van der Waals surface area contributed by atoms with Crippen LogP contribution in [0.1, 0.15) is 38.5 Å². The Kier molecular flexibility index (Phi) is 4.39. The quantitative estimate of drug-likeness (QED) is 0.696. The molecule has 0 radical (unpaired) electrons. The van der Waals surface area contributed by atoms with Crippen LogP contribution in [0.4, 0.5) is 4.79 Å². The Labute approximate surface area is 111 Å². The lowest BCUT2D eigenvalue weighted by Gasteiger charge is -2.21. The van der Waals surface area contributed by atoms with Crippen LogP contribution < -0.4 is 10.6 Å². The number of rotatable bonds is 5. The van der Waals surface area contributed by atoms with Gasteiger partial charge in [0, 0.05) is 13.0 Å². The molecule has 2 fully saturated rings. The molecular weight excluding hydrogens is 248 g/mol. The van der Waals surface area contributed by atoms with E-state index in [4.69, 9.17) is 5.11 Å². The second-order valence-electron chi connectivity index (χ2n) is 5.59. The van der Waals surface area contributed by atoms with Crippen LogP contribution >= 0.6 is 0 Å². The van der Waals surface area contributed by atoms with Crippen molar-refractivity contribution in [2.24, 2.45) is 17.8 Å². The minimum Gasteiger partial charge on any atom is -0.481 e. The Bertz CT molecular complexity index is 383. The lowest BCUT2D eigenvalue weighted by Crippen LogP contribution is -2.42. The molecular formula is C13H20N2O4. The molecule has 3 amide bonds. The highest BCUT2D eigenvalue weighted by atomic mass is 16.4. The standard InChI is InChI=1S/C13H20N2O4/c16-11(3-4-12(17)18)15-13(19)14-7-10-6-8-1-2-9(10)5-8/h8-10H,1-7H2,(H,17,18)(H2,14,15,16,19). The van der Waals surface area contributed by atoms with Crippen molar-refractivity contribution in [3.05, 3.63) is 0 Å². The van der Waals surface area contributed by atoms with Crippen LogP contribution in [0.3, 0.4) is 0 Å². The summed E-state index contributed by atoms with van der Waals surface area (Å²) in [4.78, 5) is 33.0. The van der Waals surface area contributed by atoms with Gasteiger partial charge in [-0.15, -0.1) is 0 Å². The predicted octanol–water partition coefficient (Wildman–Crippen LogP) is 1.11. The van der Waals surface area contributed by atoms with Gasteiger partial charge in [-0.05, 0) is 37.0 Å². The van der Waals surface area contributed by atoms with E-state index in [1.807, 2.05) is 0 Å². The molecule has 3 atom stereocenters. The zero-order chi connectivity index (χ0) is 13.8. The number of carbonyl (C=O) groups excluding carboxylic acids is 2. The summed E-state index contributed by atoms with van der Waals surface area (Å²) >= 11 is 0. The van der Waals surface area contributed by atoms with Crippen LogP contribution in [-0.2, 0) is 9.59 Å². The fourth-order valence-corrected chi connectivity index (χ4v) is 3.30. The number of imide groups is 1. The van der Waals surface area contributed by atoms with E-state index >= 15 is 0 Å². The molecule has 0 spiro atoms. The van der Waals surface area contributed by atoms with Crippen molar-refractivity contribution in [2.45, 2.75) is 38.5 Å². The van der Waals surface area contributed by atoms with Crippen LogP contribution in [0.25, 0.3) is 0 Å². The zero-order valence-electron chi connectivity index (χ0n) is 10.9. The average molecular weight is 268 g/mol. The van der Waals surface area contributed by atoms with Crippen molar-refractivity contribution < 1.29 is 19.5 Å². The van der Waals surface area contributed by atoms with Crippen molar-refractivity contribution >= 4 is 17.9 Å². The number of carbonyl (C=O) groups is 3. The Balaban J connectivity index is 1.62. The third kappa shape index (κ3) is 3.94. The van der Waals surface area contributed by atoms with Crippen LogP contribution in [-0.4, -0.2) is 29.6 Å². The predicted molar refractivity (Wildman–Crippen MR) is 67.3 cm³/mol. The van der Waals surface area contributed by atoms with Gasteiger partial charge in [-0.3, -0.25) is 14.9 Å². The molecule has 0 aromatic heterocycles. The van der Waals surface area contributed by atoms with Crippen LogP contribution in [0.2, 0.25) is 0 Å². The molecule has 2 saturated carbocycles. The highest BCUT2D eigenvalue weighted by molar-refractivity contribution is 5.95. The third-order valence-electron chi connectivity index (χ3n) is 4.23. The molecule has 19 heavy (non-hydrogen) atoms. The number of hydrogen-bond donors (Lipinski definition) is 3. The van der Waals surface area contributed by atoms with Gasteiger partial charge in [0.15, 0.2) is 0 Å². The van der Waals surface area contributed by atoms with Crippen LogP contribution in [0.5, 0.6) is 0 Å². The van der Waals surface area contributed by atoms with Crippen molar-refractivity contribution in [3.63, 3.8) is 0 Å². The second kappa shape index (κ2) is 6.04. The Morgan fingerprint density at radius 1 is 1.11 bits per heavy atom. The van der Waals surface area contributed by atoms with E-state index in [2.05, 4.69) is 10.6 Å². The van der Waals surface area contributed by atoms with Crippen molar-refractivity contribution in [3.8, 4) is 0 Å². The van der Waals surface area contributed by atoms with Gasteiger partial charge in [0.05, 0.1) is 6.42 Å². The van der Waals surface area contributed by atoms with E-state index in [0.29, 0.717) is 12.5 Å². The van der Waals surface area contributed by atoms with E-state index < -0.39 is 17.9 Å². The minimum absolute atomic E-state index is 0.170. The first-order valence-corrected chi connectivity index (χ1v) is 6.84. The maximum absolute atomic E-state index is 11.5. The van der Waals surface area contributed by atoms with Gasteiger partial charge in [-0.1, -0.05) is 6.42 Å². The number of carboxylic acids is 1. The molecule has 2 rings (SSSR count). The maximum Gasteiger partial charge on any atom is 0.321 e. The van der Waals surface area contributed by atoms with Gasteiger partial charge < -0.3 is 10.4 Å². The molecule has 6 heteroatoms. The molecule has 3 unspecified atom stereocenters.